The van der Waals surface area contributed by atoms with Gasteiger partial charge in [-0.25, -0.2) is 0 Å². The van der Waals surface area contributed by atoms with E-state index in [4.69, 9.17) is 14.0 Å². The van der Waals surface area contributed by atoms with E-state index >= 15 is 0 Å². The summed E-state index contributed by atoms with van der Waals surface area (Å²) >= 11 is 0. The molecule has 0 radical (unpaired) electrons. The van der Waals surface area contributed by atoms with Crippen molar-refractivity contribution >= 4 is 0 Å². The Kier molecular flexibility index (Phi) is 6.29. The molecule has 30 heavy (non-hydrogen) atoms. The van der Waals surface area contributed by atoms with Crippen LogP contribution in [0.15, 0.2) is 35.0 Å². The van der Waals surface area contributed by atoms with Gasteiger partial charge in [-0.05, 0) is 50.2 Å². The van der Waals surface area contributed by atoms with Crippen LogP contribution in [0.2, 0.25) is 0 Å². The van der Waals surface area contributed by atoms with Gasteiger partial charge in [0, 0.05) is 23.4 Å². The molecule has 1 fully saturated rings. The number of aromatic nitrogens is 4. The van der Waals surface area contributed by atoms with Crippen LogP contribution in [-0.4, -0.2) is 63.8 Å². The number of methoxy groups -OCH3 is 2. The summed E-state index contributed by atoms with van der Waals surface area (Å²) in [7, 11) is 3.21. The Balaban J connectivity index is 1.36. The fourth-order valence-electron chi connectivity index (χ4n) is 3.96. The summed E-state index contributed by atoms with van der Waals surface area (Å²) in [6.45, 7) is 3.17. The minimum atomic E-state index is 0.104. The summed E-state index contributed by atoms with van der Waals surface area (Å²) in [6.07, 6.45) is 3.88. The molecular weight excluding hydrogens is 386 g/mol. The number of piperidine rings is 1. The van der Waals surface area contributed by atoms with Gasteiger partial charge in [-0.3, -0.25) is 9.58 Å². The second kappa shape index (κ2) is 9.27. The third-order valence-corrected chi connectivity index (χ3v) is 5.54. The van der Waals surface area contributed by atoms with Gasteiger partial charge in [-0.2, -0.15) is 10.1 Å². The highest BCUT2D eigenvalue weighted by molar-refractivity contribution is 5.60. The normalized spacial score (nSPS) is 15.4. The van der Waals surface area contributed by atoms with Crippen molar-refractivity contribution < 1.29 is 19.1 Å². The van der Waals surface area contributed by atoms with Crippen molar-refractivity contribution in [3.05, 3.63) is 42.0 Å². The third-order valence-electron chi connectivity index (χ3n) is 5.54. The number of aliphatic hydroxyl groups excluding tert-OH is 1. The average molecular weight is 413 g/mol. The summed E-state index contributed by atoms with van der Waals surface area (Å²) in [6, 6.07) is 7.62. The minimum Gasteiger partial charge on any atom is -0.493 e. The first kappa shape index (κ1) is 20.4. The summed E-state index contributed by atoms with van der Waals surface area (Å²) in [5.74, 6) is 2.88. The van der Waals surface area contributed by atoms with E-state index in [1.807, 2.05) is 29.1 Å². The lowest BCUT2D eigenvalue weighted by Crippen LogP contribution is -2.33. The smallest absolute Gasteiger partial charge is 0.241 e. The van der Waals surface area contributed by atoms with E-state index < -0.39 is 0 Å². The molecule has 160 valence electrons. The van der Waals surface area contributed by atoms with Crippen LogP contribution in [0.1, 0.15) is 30.3 Å². The lowest BCUT2D eigenvalue weighted by atomic mass is 9.93. The molecule has 0 bridgehead atoms. The van der Waals surface area contributed by atoms with Gasteiger partial charge in [-0.1, -0.05) is 5.16 Å². The number of aliphatic hydroxyl groups is 1. The molecule has 3 aromatic rings. The lowest BCUT2D eigenvalue weighted by Gasteiger charge is -2.31. The SMILES string of the molecule is COc1ccc(-c2noc(CN3CCC(c4ccnn4CCO)CC3)n2)cc1OC. The number of benzene rings is 1. The molecule has 0 unspecified atom stereocenters. The molecule has 0 atom stereocenters. The molecule has 1 aromatic carbocycles. The second-order valence-corrected chi connectivity index (χ2v) is 7.33. The van der Waals surface area contributed by atoms with Crippen molar-refractivity contribution in [1.82, 2.24) is 24.8 Å². The monoisotopic (exact) mass is 413 g/mol. The van der Waals surface area contributed by atoms with Gasteiger partial charge >= 0.3 is 0 Å². The molecule has 1 aliphatic rings. The Morgan fingerprint density at radius 1 is 1.13 bits per heavy atom. The van der Waals surface area contributed by atoms with Crippen LogP contribution in [0.4, 0.5) is 0 Å². The van der Waals surface area contributed by atoms with Gasteiger partial charge < -0.3 is 19.1 Å². The van der Waals surface area contributed by atoms with Crippen molar-refractivity contribution in [2.45, 2.75) is 31.8 Å². The third kappa shape index (κ3) is 4.31. The van der Waals surface area contributed by atoms with E-state index in [2.05, 4.69) is 26.2 Å². The largest absolute Gasteiger partial charge is 0.493 e. The molecule has 0 amide bonds. The predicted molar refractivity (Wildman–Crippen MR) is 109 cm³/mol. The first-order valence-corrected chi connectivity index (χ1v) is 10.1. The van der Waals surface area contributed by atoms with Gasteiger partial charge in [-0.15, -0.1) is 0 Å². The first-order chi connectivity index (χ1) is 14.7. The molecule has 4 rings (SSSR count). The summed E-state index contributed by atoms with van der Waals surface area (Å²) in [4.78, 5) is 6.88. The average Bonchev–Trinajstić information content (AvgIpc) is 3.44. The van der Waals surface area contributed by atoms with Crippen LogP contribution in [0.5, 0.6) is 11.5 Å². The Labute approximate surface area is 175 Å². The lowest BCUT2D eigenvalue weighted by molar-refractivity contribution is 0.177. The van der Waals surface area contributed by atoms with Crippen molar-refractivity contribution in [2.75, 3.05) is 33.9 Å². The van der Waals surface area contributed by atoms with Crippen LogP contribution in [0.25, 0.3) is 11.4 Å². The van der Waals surface area contributed by atoms with E-state index in [9.17, 15) is 5.11 Å². The maximum atomic E-state index is 9.20. The highest BCUT2D eigenvalue weighted by Gasteiger charge is 2.24. The van der Waals surface area contributed by atoms with Crippen molar-refractivity contribution in [1.29, 1.82) is 0 Å². The minimum absolute atomic E-state index is 0.104. The fraction of sp³-hybridized carbons (Fsp3) is 0.476. The number of hydrogen-bond donors (Lipinski definition) is 1. The maximum absolute atomic E-state index is 9.20. The van der Waals surface area contributed by atoms with E-state index in [1.54, 1.807) is 14.2 Å². The van der Waals surface area contributed by atoms with Crippen molar-refractivity contribution in [2.24, 2.45) is 0 Å². The Hall–Kier alpha value is -2.91. The Morgan fingerprint density at radius 3 is 2.67 bits per heavy atom. The molecule has 1 aliphatic heterocycles. The van der Waals surface area contributed by atoms with Crippen LogP contribution >= 0.6 is 0 Å². The van der Waals surface area contributed by atoms with Gasteiger partial charge in [0.05, 0.1) is 33.9 Å². The van der Waals surface area contributed by atoms with Gasteiger partial charge in [0.25, 0.3) is 0 Å². The number of rotatable bonds is 8. The fourth-order valence-corrected chi connectivity index (χ4v) is 3.96. The number of likely N-dealkylation sites (tertiary alicyclic amines) is 1. The van der Waals surface area contributed by atoms with Crippen LogP contribution < -0.4 is 9.47 Å². The van der Waals surface area contributed by atoms with Gasteiger partial charge in [0.1, 0.15) is 0 Å². The van der Waals surface area contributed by atoms with Crippen LogP contribution in [0.3, 0.4) is 0 Å². The topological polar surface area (TPSA) is 98.7 Å². The molecule has 2 aromatic heterocycles. The highest BCUT2D eigenvalue weighted by atomic mass is 16.5. The molecule has 9 nitrogen and oxygen atoms in total. The molecule has 0 saturated carbocycles. The highest BCUT2D eigenvalue weighted by Crippen LogP contribution is 2.32. The standard InChI is InChI=1S/C21H27N5O4/c1-28-18-4-3-16(13-19(18)29-2)21-23-20(30-24-21)14-25-9-6-15(7-10-25)17-5-8-22-26(17)11-12-27/h3-5,8,13,15,27H,6-7,9-12,14H2,1-2H3. The molecular formula is C21H27N5O4. The van der Waals surface area contributed by atoms with Crippen molar-refractivity contribution in [3.63, 3.8) is 0 Å². The zero-order valence-electron chi connectivity index (χ0n) is 17.3. The zero-order valence-corrected chi connectivity index (χ0v) is 17.3. The number of ether oxygens (including phenoxy) is 2. The maximum Gasteiger partial charge on any atom is 0.241 e. The van der Waals surface area contributed by atoms with Gasteiger partial charge in [0.2, 0.25) is 11.7 Å². The van der Waals surface area contributed by atoms with E-state index in [0.717, 1.165) is 31.5 Å². The Bertz CT molecular complexity index is 962. The van der Waals surface area contributed by atoms with E-state index in [-0.39, 0.29) is 6.61 Å². The molecule has 3 heterocycles. The molecule has 1 N–H and O–H groups in total. The van der Waals surface area contributed by atoms with E-state index in [0.29, 0.717) is 42.2 Å². The van der Waals surface area contributed by atoms with Gasteiger partial charge in [0.15, 0.2) is 11.5 Å². The zero-order chi connectivity index (χ0) is 20.9. The molecule has 1 saturated heterocycles. The predicted octanol–water partition coefficient (Wildman–Crippen LogP) is 2.32. The van der Waals surface area contributed by atoms with Crippen LogP contribution in [0, 0.1) is 0 Å². The first-order valence-electron chi connectivity index (χ1n) is 10.1. The van der Waals surface area contributed by atoms with Crippen molar-refractivity contribution in [3.8, 4) is 22.9 Å². The summed E-state index contributed by atoms with van der Waals surface area (Å²) in [5, 5.41) is 17.6. The number of nitrogens with zero attached hydrogens (tertiary/aromatic N) is 5. The molecule has 9 heteroatoms. The summed E-state index contributed by atoms with van der Waals surface area (Å²) < 4.78 is 18.0. The number of hydrogen-bond acceptors (Lipinski definition) is 8. The summed E-state index contributed by atoms with van der Waals surface area (Å²) in [5.41, 5.74) is 2.02. The van der Waals surface area contributed by atoms with Crippen LogP contribution in [-0.2, 0) is 13.1 Å². The van der Waals surface area contributed by atoms with E-state index in [1.165, 1.54) is 5.69 Å². The molecule has 0 aliphatic carbocycles. The Morgan fingerprint density at radius 2 is 1.93 bits per heavy atom. The molecule has 0 spiro atoms. The quantitative estimate of drug-likeness (QED) is 0.601. The second-order valence-electron chi connectivity index (χ2n) is 7.33.